The van der Waals surface area contributed by atoms with Crippen LogP contribution in [0.25, 0.3) is 17.0 Å². The van der Waals surface area contributed by atoms with E-state index >= 15 is 0 Å². The van der Waals surface area contributed by atoms with Gasteiger partial charge in [-0.2, -0.15) is 0 Å². The van der Waals surface area contributed by atoms with Crippen molar-refractivity contribution in [1.82, 2.24) is 15.3 Å². The zero-order chi connectivity index (χ0) is 29.3. The number of aromatic amines is 1. The second kappa shape index (κ2) is 13.5. The maximum atomic E-state index is 13.6. The van der Waals surface area contributed by atoms with Crippen LogP contribution in [0.2, 0.25) is 0 Å². The highest BCUT2D eigenvalue weighted by Gasteiger charge is 2.20. The van der Waals surface area contributed by atoms with Crippen molar-refractivity contribution in [1.29, 1.82) is 0 Å². The highest BCUT2D eigenvalue weighted by molar-refractivity contribution is 8.00. The first kappa shape index (κ1) is 28.4. The third-order valence-electron chi connectivity index (χ3n) is 6.40. The lowest BCUT2D eigenvalue weighted by Crippen LogP contribution is -2.30. The first-order valence-electron chi connectivity index (χ1n) is 13.4. The number of fused-ring (bicyclic) bond motifs is 1. The number of H-pyrrole nitrogens is 1. The lowest BCUT2D eigenvalue weighted by atomic mass is 10.1. The summed E-state index contributed by atoms with van der Waals surface area (Å²) in [6.07, 6.45) is 5.68. The van der Waals surface area contributed by atoms with E-state index in [1.165, 1.54) is 11.8 Å². The normalized spacial score (nSPS) is 12.0. The fourth-order valence-corrected chi connectivity index (χ4v) is 5.30. The van der Waals surface area contributed by atoms with E-state index in [0.717, 1.165) is 21.4 Å². The van der Waals surface area contributed by atoms with Crippen LogP contribution < -0.4 is 16.0 Å². The van der Waals surface area contributed by atoms with Crippen molar-refractivity contribution in [2.45, 2.75) is 23.5 Å². The summed E-state index contributed by atoms with van der Waals surface area (Å²) in [7, 11) is 0. The molecule has 4 N–H and O–H groups in total. The number of amides is 3. The van der Waals surface area contributed by atoms with Crippen LogP contribution in [0, 0.1) is 0 Å². The number of rotatable bonds is 10. The summed E-state index contributed by atoms with van der Waals surface area (Å²) in [4.78, 5) is 47.6. The van der Waals surface area contributed by atoms with Gasteiger partial charge in [-0.15, -0.1) is 11.8 Å². The zero-order valence-corrected chi connectivity index (χ0v) is 23.7. The van der Waals surface area contributed by atoms with Gasteiger partial charge in [0.25, 0.3) is 11.8 Å². The largest absolute Gasteiger partial charge is 0.361 e. The SMILES string of the molecule is CCC(Sc1cccc(NC(=O)/C(=C/c2c[nH]c3ccccc23)NC(=O)c2ccccc2)c1)C(=O)Nc1ccccn1. The minimum atomic E-state index is -0.480. The molecule has 0 aliphatic rings. The van der Waals surface area contributed by atoms with Crippen molar-refractivity contribution in [3.05, 3.63) is 126 Å². The van der Waals surface area contributed by atoms with Crippen molar-refractivity contribution in [2.24, 2.45) is 0 Å². The highest BCUT2D eigenvalue weighted by Crippen LogP contribution is 2.29. The fraction of sp³-hybridized carbons (Fsp3) is 0.0909. The van der Waals surface area contributed by atoms with Gasteiger partial charge in [0.1, 0.15) is 11.5 Å². The van der Waals surface area contributed by atoms with Gasteiger partial charge in [0.05, 0.1) is 5.25 Å². The molecule has 0 spiro atoms. The molecule has 0 aliphatic heterocycles. The Kier molecular flexibility index (Phi) is 9.10. The molecule has 2 heterocycles. The van der Waals surface area contributed by atoms with Gasteiger partial charge in [-0.3, -0.25) is 14.4 Å². The van der Waals surface area contributed by atoms with E-state index in [9.17, 15) is 14.4 Å². The Bertz CT molecular complexity index is 1730. The second-order valence-electron chi connectivity index (χ2n) is 9.37. The number of para-hydroxylation sites is 1. The Hall–Kier alpha value is -5.15. The van der Waals surface area contributed by atoms with Gasteiger partial charge in [0.15, 0.2) is 0 Å². The van der Waals surface area contributed by atoms with Crippen molar-refractivity contribution in [3.63, 3.8) is 0 Å². The van der Waals surface area contributed by atoms with E-state index in [1.54, 1.807) is 60.9 Å². The van der Waals surface area contributed by atoms with Crippen molar-refractivity contribution in [2.75, 3.05) is 10.6 Å². The van der Waals surface area contributed by atoms with Gasteiger partial charge >= 0.3 is 0 Å². The summed E-state index contributed by atoms with van der Waals surface area (Å²) >= 11 is 1.40. The number of nitrogens with one attached hydrogen (secondary N) is 4. The van der Waals surface area contributed by atoms with Crippen LogP contribution in [0.3, 0.4) is 0 Å². The van der Waals surface area contributed by atoms with Crippen LogP contribution in [-0.4, -0.2) is 32.9 Å². The summed E-state index contributed by atoms with van der Waals surface area (Å²) in [5, 5.41) is 9.10. The number of hydrogen-bond acceptors (Lipinski definition) is 5. The van der Waals surface area contributed by atoms with E-state index in [0.29, 0.717) is 23.5 Å². The van der Waals surface area contributed by atoms with Gasteiger partial charge in [0.2, 0.25) is 5.91 Å². The fourth-order valence-electron chi connectivity index (χ4n) is 4.29. The van der Waals surface area contributed by atoms with Gasteiger partial charge in [-0.1, -0.05) is 55.5 Å². The molecule has 3 amide bonds. The third kappa shape index (κ3) is 7.13. The number of anilines is 2. The zero-order valence-electron chi connectivity index (χ0n) is 22.8. The van der Waals surface area contributed by atoms with Crippen LogP contribution >= 0.6 is 11.8 Å². The van der Waals surface area contributed by atoms with Gasteiger partial charge in [-0.25, -0.2) is 4.98 Å². The minimum Gasteiger partial charge on any atom is -0.361 e. The predicted octanol–water partition coefficient (Wildman–Crippen LogP) is 6.48. The lowest BCUT2D eigenvalue weighted by molar-refractivity contribution is -0.116. The molecule has 0 saturated carbocycles. The molecule has 5 rings (SSSR count). The quantitative estimate of drug-likeness (QED) is 0.112. The number of aromatic nitrogens is 2. The number of carbonyl (C=O) groups is 3. The van der Waals surface area contributed by atoms with Gasteiger partial charge in [0, 0.05) is 45.0 Å². The molecule has 0 radical (unpaired) electrons. The number of nitrogens with zero attached hydrogens (tertiary/aromatic N) is 1. The molecule has 0 aliphatic carbocycles. The summed E-state index contributed by atoms with van der Waals surface area (Å²) < 4.78 is 0. The van der Waals surface area contributed by atoms with Crippen LogP contribution in [0.5, 0.6) is 0 Å². The van der Waals surface area contributed by atoms with Crippen molar-refractivity contribution >= 4 is 58.0 Å². The Balaban J connectivity index is 1.35. The van der Waals surface area contributed by atoms with E-state index in [4.69, 9.17) is 0 Å². The maximum absolute atomic E-state index is 13.6. The van der Waals surface area contributed by atoms with Crippen molar-refractivity contribution < 1.29 is 14.4 Å². The molecule has 9 heteroatoms. The van der Waals surface area contributed by atoms with Crippen LogP contribution in [0.15, 0.2) is 120 Å². The number of benzene rings is 3. The first-order chi connectivity index (χ1) is 20.5. The average molecular weight is 576 g/mol. The predicted molar refractivity (Wildman–Crippen MR) is 168 cm³/mol. The maximum Gasteiger partial charge on any atom is 0.272 e. The average Bonchev–Trinajstić information content (AvgIpc) is 3.43. The lowest BCUT2D eigenvalue weighted by Gasteiger charge is -2.15. The van der Waals surface area contributed by atoms with Crippen LogP contribution in [-0.2, 0) is 9.59 Å². The molecule has 210 valence electrons. The molecular formula is C33H29N5O3S. The van der Waals surface area contributed by atoms with E-state index < -0.39 is 11.8 Å². The smallest absolute Gasteiger partial charge is 0.272 e. The molecule has 0 saturated heterocycles. The Morgan fingerprint density at radius 1 is 0.905 bits per heavy atom. The Morgan fingerprint density at radius 3 is 2.48 bits per heavy atom. The number of carbonyl (C=O) groups excluding carboxylic acids is 3. The second-order valence-corrected chi connectivity index (χ2v) is 10.6. The summed E-state index contributed by atoms with van der Waals surface area (Å²) in [6, 6.07) is 29.1. The molecular weight excluding hydrogens is 546 g/mol. The van der Waals surface area contributed by atoms with Gasteiger partial charge < -0.3 is 20.9 Å². The monoisotopic (exact) mass is 575 g/mol. The molecule has 0 fully saturated rings. The molecule has 1 unspecified atom stereocenters. The summed E-state index contributed by atoms with van der Waals surface area (Å²) in [6.45, 7) is 1.94. The highest BCUT2D eigenvalue weighted by atomic mass is 32.2. The van der Waals surface area contributed by atoms with Gasteiger partial charge in [-0.05, 0) is 61.0 Å². The van der Waals surface area contributed by atoms with E-state index in [1.807, 2.05) is 61.5 Å². The third-order valence-corrected chi connectivity index (χ3v) is 7.76. The minimum absolute atomic E-state index is 0.0906. The molecule has 2 aromatic heterocycles. The molecule has 0 bridgehead atoms. The number of pyridine rings is 1. The molecule has 8 nitrogen and oxygen atoms in total. The molecule has 42 heavy (non-hydrogen) atoms. The summed E-state index contributed by atoms with van der Waals surface area (Å²) in [5.74, 6) is -0.532. The summed E-state index contributed by atoms with van der Waals surface area (Å²) in [5.41, 5.74) is 2.73. The Labute approximate surface area is 247 Å². The standard InChI is InChI=1S/C33H29N5O3S/c1-2-29(33(41)38-30-17-8-9-18-34-30)42-25-14-10-13-24(20-25)36-32(40)28(37-31(39)22-11-4-3-5-12-22)19-23-21-35-27-16-7-6-15-26(23)27/h3-21,29,35H,2H2,1H3,(H,36,40)(H,37,39)(H,34,38,41)/b28-19-. The molecule has 1 atom stereocenters. The Morgan fingerprint density at radius 2 is 1.69 bits per heavy atom. The number of thioether (sulfide) groups is 1. The number of hydrogen-bond donors (Lipinski definition) is 4. The topological polar surface area (TPSA) is 116 Å². The molecule has 5 aromatic rings. The van der Waals surface area contributed by atoms with E-state index in [2.05, 4.69) is 25.9 Å². The van der Waals surface area contributed by atoms with Crippen molar-refractivity contribution in [3.8, 4) is 0 Å². The first-order valence-corrected chi connectivity index (χ1v) is 14.3. The van der Waals surface area contributed by atoms with Crippen LogP contribution in [0.4, 0.5) is 11.5 Å². The van der Waals surface area contributed by atoms with E-state index in [-0.39, 0.29) is 16.9 Å². The van der Waals surface area contributed by atoms with Crippen LogP contribution in [0.1, 0.15) is 29.3 Å². The molecule has 3 aromatic carbocycles.